The largest absolute Gasteiger partial charge is 0.377 e. The topological polar surface area (TPSA) is 47.0 Å². The van der Waals surface area contributed by atoms with Crippen molar-refractivity contribution in [3.8, 4) is 0 Å². The van der Waals surface area contributed by atoms with Crippen LogP contribution in [0.1, 0.15) is 19.0 Å². The molecule has 1 aromatic heterocycles. The van der Waals surface area contributed by atoms with E-state index in [0.29, 0.717) is 11.4 Å². The van der Waals surface area contributed by atoms with Crippen molar-refractivity contribution < 1.29 is 4.74 Å². The lowest BCUT2D eigenvalue weighted by Gasteiger charge is -2.12. The van der Waals surface area contributed by atoms with Gasteiger partial charge in [0.25, 0.3) is 0 Å². The number of nitrogens with one attached hydrogen (secondary N) is 1. The summed E-state index contributed by atoms with van der Waals surface area (Å²) >= 11 is 3.33. The molecule has 0 radical (unpaired) electrons. The first kappa shape index (κ1) is 11.2. The van der Waals surface area contributed by atoms with Gasteiger partial charge in [0.15, 0.2) is 0 Å². The fourth-order valence-electron chi connectivity index (χ4n) is 1.61. The van der Waals surface area contributed by atoms with E-state index in [0.717, 1.165) is 29.5 Å². The number of aromatic nitrogens is 2. The quantitative estimate of drug-likeness (QED) is 0.879. The van der Waals surface area contributed by atoms with Crippen molar-refractivity contribution in [3.05, 3.63) is 5.69 Å². The summed E-state index contributed by atoms with van der Waals surface area (Å²) in [6.45, 7) is 3.04. The molecule has 1 N–H and O–H groups in total. The van der Waals surface area contributed by atoms with E-state index < -0.39 is 0 Å². The lowest BCUT2D eigenvalue weighted by Crippen LogP contribution is -2.13. The fraction of sp³-hybridized carbons (Fsp3) is 0.778. The summed E-state index contributed by atoms with van der Waals surface area (Å²) in [5.74, 6) is 0.922. The lowest BCUT2D eigenvalue weighted by atomic mass is 10.3. The minimum Gasteiger partial charge on any atom is -0.377 e. The monoisotopic (exact) mass is 245 g/mol. The zero-order valence-electron chi connectivity index (χ0n) is 8.90. The molecule has 2 unspecified atom stereocenters. The number of hydrogen-bond acceptors (Lipinski definition) is 6. The number of anilines is 1. The van der Waals surface area contributed by atoms with Crippen molar-refractivity contribution in [3.63, 3.8) is 0 Å². The maximum absolute atomic E-state index is 5.52. The Hall–Kier alpha value is -0.330. The summed E-state index contributed by atoms with van der Waals surface area (Å²) in [5.41, 5.74) is 1.06. The van der Waals surface area contributed by atoms with Crippen LogP contribution >= 0.6 is 23.3 Å². The maximum Gasteiger partial charge on any atom is 0.133 e. The van der Waals surface area contributed by atoms with Crippen molar-refractivity contribution in [1.82, 2.24) is 9.59 Å². The lowest BCUT2D eigenvalue weighted by molar-refractivity contribution is 0.127. The van der Waals surface area contributed by atoms with E-state index in [1.807, 2.05) is 18.8 Å². The Kier molecular flexibility index (Phi) is 3.82. The standard InChI is InChI=1S/C9H15N3OS2/c1-6-8(3-4-13-6)14-5-7-9(10-2)15-12-11-7/h6,8,10H,3-5H2,1-2H3. The van der Waals surface area contributed by atoms with Crippen LogP contribution in [-0.4, -0.2) is 34.6 Å². The van der Waals surface area contributed by atoms with E-state index in [1.165, 1.54) is 11.5 Å². The molecule has 0 amide bonds. The Balaban J connectivity index is 1.87. The number of thioether (sulfide) groups is 1. The van der Waals surface area contributed by atoms with Crippen LogP contribution < -0.4 is 5.32 Å². The molecule has 2 rings (SSSR count). The molecular weight excluding hydrogens is 230 g/mol. The average molecular weight is 245 g/mol. The van der Waals surface area contributed by atoms with Gasteiger partial charge in [0.05, 0.1) is 6.10 Å². The van der Waals surface area contributed by atoms with Crippen LogP contribution in [0.3, 0.4) is 0 Å². The molecule has 1 aliphatic rings. The van der Waals surface area contributed by atoms with Crippen molar-refractivity contribution in [2.24, 2.45) is 0 Å². The number of nitrogens with zero attached hydrogens (tertiary/aromatic N) is 2. The minimum absolute atomic E-state index is 0.375. The third-order valence-corrected chi connectivity index (χ3v) is 4.80. The normalized spacial score (nSPS) is 25.7. The third kappa shape index (κ3) is 2.62. The Morgan fingerprint density at radius 1 is 1.67 bits per heavy atom. The van der Waals surface area contributed by atoms with Crippen molar-refractivity contribution >= 4 is 28.3 Å². The molecule has 15 heavy (non-hydrogen) atoms. The Labute approximate surface area is 98.0 Å². The van der Waals surface area contributed by atoms with Crippen LogP contribution in [0.25, 0.3) is 0 Å². The van der Waals surface area contributed by atoms with Crippen LogP contribution in [0.2, 0.25) is 0 Å². The molecule has 6 heteroatoms. The summed E-state index contributed by atoms with van der Waals surface area (Å²) in [6, 6.07) is 0. The molecule has 1 aromatic rings. The molecule has 0 bridgehead atoms. The molecule has 0 spiro atoms. The number of rotatable bonds is 4. The molecule has 1 aliphatic heterocycles. The number of hydrogen-bond donors (Lipinski definition) is 1. The SMILES string of the molecule is CNc1snnc1CSC1CCOC1C. The van der Waals surface area contributed by atoms with E-state index >= 15 is 0 Å². The van der Waals surface area contributed by atoms with Crippen LogP contribution in [0.5, 0.6) is 0 Å². The molecule has 1 fully saturated rings. The predicted molar refractivity (Wildman–Crippen MR) is 64.6 cm³/mol. The number of ether oxygens (including phenoxy) is 1. The van der Waals surface area contributed by atoms with Gasteiger partial charge in [-0.15, -0.1) is 16.9 Å². The van der Waals surface area contributed by atoms with Crippen molar-refractivity contribution in [2.45, 2.75) is 30.5 Å². The van der Waals surface area contributed by atoms with E-state index in [9.17, 15) is 0 Å². The van der Waals surface area contributed by atoms with Crippen molar-refractivity contribution in [2.75, 3.05) is 19.0 Å². The van der Waals surface area contributed by atoms with E-state index in [1.54, 1.807) is 0 Å². The van der Waals surface area contributed by atoms with Gasteiger partial charge in [0.1, 0.15) is 10.7 Å². The smallest absolute Gasteiger partial charge is 0.133 e. The first-order chi connectivity index (χ1) is 7.31. The van der Waals surface area contributed by atoms with Gasteiger partial charge in [0.2, 0.25) is 0 Å². The summed E-state index contributed by atoms with van der Waals surface area (Å²) < 4.78 is 9.46. The molecule has 2 heterocycles. The van der Waals surface area contributed by atoms with Crippen LogP contribution in [0.4, 0.5) is 5.00 Å². The molecule has 1 saturated heterocycles. The second-order valence-electron chi connectivity index (χ2n) is 3.51. The minimum atomic E-state index is 0.375. The van der Waals surface area contributed by atoms with Crippen LogP contribution in [0.15, 0.2) is 0 Å². The highest BCUT2D eigenvalue weighted by Crippen LogP contribution is 2.30. The highest BCUT2D eigenvalue weighted by molar-refractivity contribution is 7.99. The van der Waals surface area contributed by atoms with Gasteiger partial charge in [-0.25, -0.2) is 0 Å². The highest BCUT2D eigenvalue weighted by atomic mass is 32.2. The van der Waals surface area contributed by atoms with E-state index in [-0.39, 0.29) is 0 Å². The van der Waals surface area contributed by atoms with Crippen LogP contribution in [0, 0.1) is 0 Å². The molecule has 0 aromatic carbocycles. The molecule has 84 valence electrons. The van der Waals surface area contributed by atoms with Gasteiger partial charge in [-0.1, -0.05) is 4.49 Å². The second kappa shape index (κ2) is 5.14. The molecular formula is C9H15N3OS2. The van der Waals surface area contributed by atoms with E-state index in [4.69, 9.17) is 4.74 Å². The molecule has 0 aliphatic carbocycles. The maximum atomic E-state index is 5.52. The van der Waals surface area contributed by atoms with E-state index in [2.05, 4.69) is 21.8 Å². The predicted octanol–water partition coefficient (Wildman–Crippen LogP) is 1.99. The Bertz CT molecular complexity index is 318. The molecule has 2 atom stereocenters. The summed E-state index contributed by atoms with van der Waals surface area (Å²) in [4.78, 5) is 0. The molecule has 4 nitrogen and oxygen atoms in total. The first-order valence-corrected chi connectivity index (χ1v) is 6.85. The zero-order chi connectivity index (χ0) is 10.7. The van der Waals surface area contributed by atoms with Gasteiger partial charge in [-0.2, -0.15) is 0 Å². The fourth-order valence-corrected chi connectivity index (χ4v) is 3.42. The van der Waals surface area contributed by atoms with Gasteiger partial charge in [-0.05, 0) is 13.3 Å². The molecule has 0 saturated carbocycles. The van der Waals surface area contributed by atoms with Gasteiger partial charge in [0, 0.05) is 36.2 Å². The summed E-state index contributed by atoms with van der Waals surface area (Å²) in [7, 11) is 1.91. The van der Waals surface area contributed by atoms with Crippen LogP contribution in [-0.2, 0) is 10.5 Å². The summed E-state index contributed by atoms with van der Waals surface area (Å²) in [6.07, 6.45) is 1.53. The Morgan fingerprint density at radius 2 is 2.53 bits per heavy atom. The first-order valence-electron chi connectivity index (χ1n) is 5.03. The van der Waals surface area contributed by atoms with Crippen molar-refractivity contribution in [1.29, 1.82) is 0 Å². The van der Waals surface area contributed by atoms with Gasteiger partial charge in [-0.3, -0.25) is 0 Å². The average Bonchev–Trinajstić information content (AvgIpc) is 2.83. The zero-order valence-corrected chi connectivity index (χ0v) is 10.5. The van der Waals surface area contributed by atoms with Gasteiger partial charge >= 0.3 is 0 Å². The Morgan fingerprint density at radius 3 is 3.20 bits per heavy atom. The third-order valence-electron chi connectivity index (χ3n) is 2.52. The summed E-state index contributed by atoms with van der Waals surface area (Å²) in [5, 5.41) is 8.91. The highest BCUT2D eigenvalue weighted by Gasteiger charge is 2.25. The van der Waals surface area contributed by atoms with Gasteiger partial charge < -0.3 is 10.1 Å². The second-order valence-corrected chi connectivity index (χ2v) is 5.49.